The molecule has 16 heavy (non-hydrogen) atoms. The molecular formula is C12H18N2O2. The van der Waals surface area contributed by atoms with Gasteiger partial charge < -0.3 is 10.5 Å². The second-order valence-electron chi connectivity index (χ2n) is 4.68. The number of esters is 1. The Morgan fingerprint density at radius 1 is 1.44 bits per heavy atom. The summed E-state index contributed by atoms with van der Waals surface area (Å²) in [6.07, 6.45) is 3.50. The van der Waals surface area contributed by atoms with Crippen molar-refractivity contribution in [2.45, 2.75) is 38.8 Å². The molecule has 0 saturated heterocycles. The van der Waals surface area contributed by atoms with E-state index in [-0.39, 0.29) is 18.4 Å². The van der Waals surface area contributed by atoms with Gasteiger partial charge in [-0.3, -0.25) is 9.78 Å². The van der Waals surface area contributed by atoms with Crippen LogP contribution in [0.25, 0.3) is 0 Å². The van der Waals surface area contributed by atoms with Crippen molar-refractivity contribution in [2.75, 3.05) is 0 Å². The highest BCUT2D eigenvalue weighted by Crippen LogP contribution is 2.16. The molecule has 0 spiro atoms. The minimum Gasteiger partial charge on any atom is -0.460 e. The molecule has 4 heteroatoms. The number of rotatable bonds is 3. The molecule has 0 aliphatic rings. The zero-order chi connectivity index (χ0) is 12.2. The Hall–Kier alpha value is -1.42. The molecule has 1 heterocycles. The third kappa shape index (κ3) is 4.40. The maximum absolute atomic E-state index is 11.5. The normalized spacial score (nSPS) is 13.2. The van der Waals surface area contributed by atoms with Gasteiger partial charge in [-0.25, -0.2) is 0 Å². The van der Waals surface area contributed by atoms with Crippen LogP contribution in [0, 0.1) is 0 Å². The summed E-state index contributed by atoms with van der Waals surface area (Å²) in [6.45, 7) is 5.51. The molecule has 0 fully saturated rings. The van der Waals surface area contributed by atoms with Gasteiger partial charge in [0.15, 0.2) is 0 Å². The standard InChI is InChI=1S/C12H18N2O2/c1-12(2,3)16-11(15)8-10(13)9-4-6-14-7-5-9/h4-7,10H,8,13H2,1-3H3. The lowest BCUT2D eigenvalue weighted by Crippen LogP contribution is -2.26. The minimum absolute atomic E-state index is 0.182. The van der Waals surface area contributed by atoms with Crippen LogP contribution in [0.2, 0.25) is 0 Å². The average Bonchev–Trinajstić information content (AvgIpc) is 2.16. The predicted octanol–water partition coefficient (Wildman–Crippen LogP) is 1.81. The predicted molar refractivity (Wildman–Crippen MR) is 61.6 cm³/mol. The number of hydrogen-bond acceptors (Lipinski definition) is 4. The number of nitrogens with zero attached hydrogens (tertiary/aromatic N) is 1. The van der Waals surface area contributed by atoms with E-state index < -0.39 is 5.60 Å². The van der Waals surface area contributed by atoms with Crippen LogP contribution < -0.4 is 5.73 Å². The molecule has 0 aliphatic heterocycles. The summed E-state index contributed by atoms with van der Waals surface area (Å²) in [5.41, 5.74) is 6.31. The van der Waals surface area contributed by atoms with Crippen LogP contribution in [0.1, 0.15) is 38.8 Å². The number of hydrogen-bond donors (Lipinski definition) is 1. The Bertz CT molecular complexity index is 344. The fourth-order valence-electron chi connectivity index (χ4n) is 1.29. The van der Waals surface area contributed by atoms with Gasteiger partial charge >= 0.3 is 5.97 Å². The average molecular weight is 222 g/mol. The van der Waals surface area contributed by atoms with Gasteiger partial charge in [-0.2, -0.15) is 0 Å². The highest BCUT2D eigenvalue weighted by Gasteiger charge is 2.19. The first kappa shape index (κ1) is 12.6. The smallest absolute Gasteiger partial charge is 0.308 e. The monoisotopic (exact) mass is 222 g/mol. The molecule has 0 bridgehead atoms. The molecule has 0 amide bonds. The molecule has 0 saturated carbocycles. The Labute approximate surface area is 95.8 Å². The Balaban J connectivity index is 2.52. The van der Waals surface area contributed by atoms with Crippen LogP contribution >= 0.6 is 0 Å². The first-order valence-electron chi connectivity index (χ1n) is 5.26. The lowest BCUT2D eigenvalue weighted by molar-refractivity contribution is -0.155. The lowest BCUT2D eigenvalue weighted by atomic mass is 10.1. The van der Waals surface area contributed by atoms with E-state index in [1.807, 2.05) is 20.8 Å². The van der Waals surface area contributed by atoms with Crippen LogP contribution in [0.3, 0.4) is 0 Å². The molecule has 88 valence electrons. The van der Waals surface area contributed by atoms with E-state index in [2.05, 4.69) is 4.98 Å². The summed E-state index contributed by atoms with van der Waals surface area (Å²) in [6, 6.07) is 3.27. The van der Waals surface area contributed by atoms with Gasteiger partial charge in [0.2, 0.25) is 0 Å². The van der Waals surface area contributed by atoms with Gasteiger partial charge in [-0.15, -0.1) is 0 Å². The number of pyridine rings is 1. The molecule has 0 aromatic carbocycles. The van der Waals surface area contributed by atoms with Crippen molar-refractivity contribution in [3.63, 3.8) is 0 Å². The molecule has 0 radical (unpaired) electrons. The minimum atomic E-state index is -0.463. The topological polar surface area (TPSA) is 65.2 Å². The molecular weight excluding hydrogens is 204 g/mol. The molecule has 2 N–H and O–H groups in total. The van der Waals surface area contributed by atoms with Gasteiger partial charge in [0.05, 0.1) is 6.42 Å². The van der Waals surface area contributed by atoms with Gasteiger partial charge in [0.1, 0.15) is 5.60 Å². The maximum Gasteiger partial charge on any atom is 0.308 e. The first-order valence-corrected chi connectivity index (χ1v) is 5.26. The zero-order valence-corrected chi connectivity index (χ0v) is 9.93. The lowest BCUT2D eigenvalue weighted by Gasteiger charge is -2.20. The van der Waals surface area contributed by atoms with E-state index in [4.69, 9.17) is 10.5 Å². The molecule has 4 nitrogen and oxygen atoms in total. The van der Waals surface area contributed by atoms with Crippen molar-refractivity contribution in [3.05, 3.63) is 30.1 Å². The molecule has 1 unspecified atom stereocenters. The Kier molecular flexibility index (Phi) is 4.01. The van der Waals surface area contributed by atoms with Crippen LogP contribution in [-0.4, -0.2) is 16.6 Å². The summed E-state index contributed by atoms with van der Waals surface area (Å²) in [7, 11) is 0. The van der Waals surface area contributed by atoms with Crippen molar-refractivity contribution in [3.8, 4) is 0 Å². The molecule has 1 rings (SSSR count). The van der Waals surface area contributed by atoms with Gasteiger partial charge in [0.25, 0.3) is 0 Å². The third-order valence-electron chi connectivity index (χ3n) is 1.94. The first-order chi connectivity index (χ1) is 7.38. The van der Waals surface area contributed by atoms with Crippen molar-refractivity contribution >= 4 is 5.97 Å². The van der Waals surface area contributed by atoms with Crippen molar-refractivity contribution < 1.29 is 9.53 Å². The Morgan fingerprint density at radius 2 is 2.00 bits per heavy atom. The van der Waals surface area contributed by atoms with E-state index in [1.165, 1.54) is 0 Å². The van der Waals surface area contributed by atoms with E-state index in [9.17, 15) is 4.79 Å². The van der Waals surface area contributed by atoms with Gasteiger partial charge in [0, 0.05) is 18.4 Å². The third-order valence-corrected chi connectivity index (χ3v) is 1.94. The van der Waals surface area contributed by atoms with Gasteiger partial charge in [-0.1, -0.05) is 0 Å². The SMILES string of the molecule is CC(C)(C)OC(=O)CC(N)c1ccncc1. The van der Waals surface area contributed by atoms with Crippen molar-refractivity contribution in [2.24, 2.45) is 5.73 Å². The van der Waals surface area contributed by atoms with E-state index in [1.54, 1.807) is 24.5 Å². The quantitative estimate of drug-likeness (QED) is 0.792. The highest BCUT2D eigenvalue weighted by molar-refractivity contribution is 5.70. The van der Waals surface area contributed by atoms with Crippen LogP contribution in [0.5, 0.6) is 0 Å². The summed E-state index contributed by atoms with van der Waals surface area (Å²) in [5, 5.41) is 0. The van der Waals surface area contributed by atoms with Crippen LogP contribution in [0.4, 0.5) is 0 Å². The van der Waals surface area contributed by atoms with Crippen LogP contribution in [-0.2, 0) is 9.53 Å². The van der Waals surface area contributed by atoms with Gasteiger partial charge in [-0.05, 0) is 38.5 Å². The number of carbonyl (C=O) groups excluding carboxylic acids is 1. The number of carbonyl (C=O) groups is 1. The van der Waals surface area contributed by atoms with Crippen LogP contribution in [0.15, 0.2) is 24.5 Å². The molecule has 1 atom stereocenters. The van der Waals surface area contributed by atoms with E-state index in [0.29, 0.717) is 0 Å². The Morgan fingerprint density at radius 3 is 2.50 bits per heavy atom. The van der Waals surface area contributed by atoms with E-state index >= 15 is 0 Å². The summed E-state index contributed by atoms with van der Waals surface area (Å²) >= 11 is 0. The largest absolute Gasteiger partial charge is 0.460 e. The number of ether oxygens (including phenoxy) is 1. The molecule has 1 aromatic rings. The van der Waals surface area contributed by atoms with Crippen molar-refractivity contribution in [1.82, 2.24) is 4.98 Å². The zero-order valence-electron chi connectivity index (χ0n) is 9.93. The van der Waals surface area contributed by atoms with Crippen molar-refractivity contribution in [1.29, 1.82) is 0 Å². The second kappa shape index (κ2) is 5.07. The fourth-order valence-corrected chi connectivity index (χ4v) is 1.29. The number of nitrogens with two attached hydrogens (primary N) is 1. The molecule has 1 aromatic heterocycles. The second-order valence-corrected chi connectivity index (χ2v) is 4.68. The summed E-state index contributed by atoms with van der Waals surface area (Å²) in [5.74, 6) is -0.281. The fraction of sp³-hybridized carbons (Fsp3) is 0.500. The highest BCUT2D eigenvalue weighted by atomic mass is 16.6. The summed E-state index contributed by atoms with van der Waals surface area (Å²) < 4.78 is 5.20. The summed E-state index contributed by atoms with van der Waals surface area (Å²) in [4.78, 5) is 15.4. The number of aromatic nitrogens is 1. The molecule has 0 aliphatic carbocycles. The van der Waals surface area contributed by atoms with E-state index in [0.717, 1.165) is 5.56 Å². The maximum atomic E-state index is 11.5.